The van der Waals surface area contributed by atoms with Gasteiger partial charge in [0.1, 0.15) is 5.75 Å². The van der Waals surface area contributed by atoms with Crippen LogP contribution in [0.5, 0.6) is 5.75 Å². The van der Waals surface area contributed by atoms with Gasteiger partial charge in [-0.15, -0.1) is 0 Å². The molecule has 2 nitrogen and oxygen atoms in total. The van der Waals surface area contributed by atoms with Crippen molar-refractivity contribution in [1.82, 2.24) is 0 Å². The molecule has 0 amide bonds. The van der Waals surface area contributed by atoms with Crippen LogP contribution < -0.4 is 4.74 Å². The summed E-state index contributed by atoms with van der Waals surface area (Å²) in [6.07, 6.45) is 2.63. The topological polar surface area (TPSA) is 29.5 Å². The van der Waals surface area contributed by atoms with Crippen LogP contribution in [0.1, 0.15) is 53.0 Å². The zero-order valence-electron chi connectivity index (χ0n) is 12.9. The fourth-order valence-electron chi connectivity index (χ4n) is 2.46. The van der Waals surface area contributed by atoms with Crippen molar-refractivity contribution in [2.45, 2.75) is 65.6 Å². The average molecular weight is 264 g/mol. The van der Waals surface area contributed by atoms with Gasteiger partial charge in [-0.25, -0.2) is 0 Å². The number of hydrogen-bond donors (Lipinski definition) is 1. The molecule has 0 aromatic heterocycles. The van der Waals surface area contributed by atoms with Gasteiger partial charge in [-0.3, -0.25) is 0 Å². The number of aliphatic hydroxyl groups is 1. The van der Waals surface area contributed by atoms with E-state index in [-0.39, 0.29) is 6.10 Å². The van der Waals surface area contributed by atoms with Gasteiger partial charge in [0.25, 0.3) is 0 Å². The fraction of sp³-hybridized carbons (Fsp3) is 0.647. The SMILES string of the molecule is CC(C)CC(C)(O)CCc1ccccc1OC(C)C. The van der Waals surface area contributed by atoms with Crippen molar-refractivity contribution in [3.8, 4) is 5.75 Å². The Morgan fingerprint density at radius 1 is 1.16 bits per heavy atom. The van der Waals surface area contributed by atoms with Crippen LogP contribution in [0.4, 0.5) is 0 Å². The molecule has 1 atom stereocenters. The Kier molecular flexibility index (Phi) is 5.86. The molecule has 0 saturated carbocycles. The Morgan fingerprint density at radius 2 is 1.79 bits per heavy atom. The zero-order chi connectivity index (χ0) is 14.5. The third-order valence-electron chi connectivity index (χ3n) is 3.12. The quantitative estimate of drug-likeness (QED) is 0.799. The molecule has 1 rings (SSSR count). The highest BCUT2D eigenvalue weighted by molar-refractivity contribution is 5.33. The lowest BCUT2D eigenvalue weighted by molar-refractivity contribution is 0.0300. The Hall–Kier alpha value is -1.02. The predicted octanol–water partition coefficient (Wildman–Crippen LogP) is 4.20. The van der Waals surface area contributed by atoms with Crippen LogP contribution in [0.2, 0.25) is 0 Å². The minimum Gasteiger partial charge on any atom is -0.491 e. The maximum atomic E-state index is 10.4. The third kappa shape index (κ3) is 6.11. The Morgan fingerprint density at radius 3 is 2.37 bits per heavy atom. The van der Waals surface area contributed by atoms with Gasteiger partial charge in [-0.1, -0.05) is 32.0 Å². The molecule has 1 aromatic rings. The molecule has 1 N–H and O–H groups in total. The second kappa shape index (κ2) is 6.95. The van der Waals surface area contributed by atoms with Crippen LogP contribution in [0, 0.1) is 5.92 Å². The van der Waals surface area contributed by atoms with Gasteiger partial charge in [-0.2, -0.15) is 0 Å². The molecule has 0 bridgehead atoms. The Labute approximate surface area is 117 Å². The van der Waals surface area contributed by atoms with Crippen molar-refractivity contribution < 1.29 is 9.84 Å². The largest absolute Gasteiger partial charge is 0.491 e. The molecule has 1 unspecified atom stereocenters. The summed E-state index contributed by atoms with van der Waals surface area (Å²) in [6, 6.07) is 8.11. The second-order valence-corrected chi connectivity index (χ2v) is 6.37. The highest BCUT2D eigenvalue weighted by Crippen LogP contribution is 2.26. The number of hydrogen-bond acceptors (Lipinski definition) is 2. The summed E-state index contributed by atoms with van der Waals surface area (Å²) < 4.78 is 5.81. The molecule has 19 heavy (non-hydrogen) atoms. The maximum absolute atomic E-state index is 10.4. The van der Waals surface area contributed by atoms with Crippen LogP contribution in [-0.4, -0.2) is 16.8 Å². The van der Waals surface area contributed by atoms with E-state index in [2.05, 4.69) is 19.9 Å². The lowest BCUT2D eigenvalue weighted by Gasteiger charge is -2.25. The van der Waals surface area contributed by atoms with E-state index in [1.807, 2.05) is 39.0 Å². The molecule has 0 fully saturated rings. The van der Waals surface area contributed by atoms with Gasteiger partial charge in [0.05, 0.1) is 11.7 Å². The van der Waals surface area contributed by atoms with Crippen molar-refractivity contribution in [1.29, 1.82) is 0 Å². The van der Waals surface area contributed by atoms with Crippen LogP contribution in [0.25, 0.3) is 0 Å². The van der Waals surface area contributed by atoms with Gasteiger partial charge < -0.3 is 9.84 Å². The standard InChI is InChI=1S/C17H28O2/c1-13(2)12-17(5,18)11-10-15-8-6-7-9-16(15)19-14(3)4/h6-9,13-14,18H,10-12H2,1-5H3. The van der Waals surface area contributed by atoms with Crippen molar-refractivity contribution in [3.63, 3.8) is 0 Å². The van der Waals surface area contributed by atoms with E-state index in [0.29, 0.717) is 5.92 Å². The number of benzene rings is 1. The van der Waals surface area contributed by atoms with E-state index in [4.69, 9.17) is 4.74 Å². The molecule has 2 heteroatoms. The van der Waals surface area contributed by atoms with Crippen molar-refractivity contribution in [3.05, 3.63) is 29.8 Å². The van der Waals surface area contributed by atoms with Gasteiger partial charge in [0.2, 0.25) is 0 Å². The summed E-state index contributed by atoms with van der Waals surface area (Å²) in [5.41, 5.74) is 0.583. The van der Waals surface area contributed by atoms with Crippen LogP contribution >= 0.6 is 0 Å². The highest BCUT2D eigenvalue weighted by atomic mass is 16.5. The summed E-state index contributed by atoms with van der Waals surface area (Å²) in [6.45, 7) is 10.3. The normalized spacial score (nSPS) is 14.7. The smallest absolute Gasteiger partial charge is 0.122 e. The van der Waals surface area contributed by atoms with Crippen molar-refractivity contribution in [2.75, 3.05) is 0 Å². The Bertz CT molecular complexity index is 381. The molecular weight excluding hydrogens is 236 g/mol. The molecular formula is C17H28O2. The van der Waals surface area contributed by atoms with Crippen molar-refractivity contribution >= 4 is 0 Å². The van der Waals surface area contributed by atoms with Gasteiger partial charge in [0.15, 0.2) is 0 Å². The summed E-state index contributed by atoms with van der Waals surface area (Å²) >= 11 is 0. The number of para-hydroxylation sites is 1. The van der Waals surface area contributed by atoms with Crippen LogP contribution in [0.3, 0.4) is 0 Å². The maximum Gasteiger partial charge on any atom is 0.122 e. The molecule has 0 heterocycles. The molecule has 0 spiro atoms. The molecule has 0 aliphatic carbocycles. The monoisotopic (exact) mass is 264 g/mol. The molecule has 0 radical (unpaired) electrons. The molecule has 0 aliphatic heterocycles. The minimum atomic E-state index is -0.598. The first-order valence-corrected chi connectivity index (χ1v) is 7.27. The summed E-state index contributed by atoms with van der Waals surface area (Å²) in [5.74, 6) is 1.45. The molecule has 1 aromatic carbocycles. The number of rotatable bonds is 7. The number of aryl methyl sites for hydroxylation is 1. The van der Waals surface area contributed by atoms with Crippen LogP contribution in [-0.2, 0) is 6.42 Å². The van der Waals surface area contributed by atoms with E-state index in [1.54, 1.807) is 0 Å². The van der Waals surface area contributed by atoms with E-state index >= 15 is 0 Å². The number of ether oxygens (including phenoxy) is 1. The molecule has 0 aliphatic rings. The lowest BCUT2D eigenvalue weighted by Crippen LogP contribution is -2.27. The zero-order valence-corrected chi connectivity index (χ0v) is 12.9. The predicted molar refractivity (Wildman–Crippen MR) is 80.6 cm³/mol. The third-order valence-corrected chi connectivity index (χ3v) is 3.12. The first-order chi connectivity index (χ1) is 8.80. The van der Waals surface area contributed by atoms with Crippen molar-refractivity contribution in [2.24, 2.45) is 5.92 Å². The summed E-state index contributed by atoms with van der Waals surface area (Å²) in [5, 5.41) is 10.4. The van der Waals surface area contributed by atoms with Gasteiger partial charge in [-0.05, 0) is 57.6 Å². The molecule has 0 saturated heterocycles. The van der Waals surface area contributed by atoms with E-state index < -0.39 is 5.60 Å². The lowest BCUT2D eigenvalue weighted by atomic mass is 9.88. The van der Waals surface area contributed by atoms with Gasteiger partial charge >= 0.3 is 0 Å². The van der Waals surface area contributed by atoms with E-state index in [1.165, 1.54) is 5.56 Å². The summed E-state index contributed by atoms with van der Waals surface area (Å²) in [7, 11) is 0. The first-order valence-electron chi connectivity index (χ1n) is 7.27. The highest BCUT2D eigenvalue weighted by Gasteiger charge is 2.22. The van der Waals surface area contributed by atoms with E-state index in [9.17, 15) is 5.11 Å². The average Bonchev–Trinajstić information content (AvgIpc) is 2.25. The Balaban J connectivity index is 2.67. The van der Waals surface area contributed by atoms with Gasteiger partial charge in [0, 0.05) is 0 Å². The molecule has 108 valence electrons. The summed E-state index contributed by atoms with van der Waals surface area (Å²) in [4.78, 5) is 0. The first kappa shape index (κ1) is 16.0. The van der Waals surface area contributed by atoms with Crippen LogP contribution in [0.15, 0.2) is 24.3 Å². The minimum absolute atomic E-state index is 0.178. The van der Waals surface area contributed by atoms with E-state index in [0.717, 1.165) is 25.0 Å². The fourth-order valence-corrected chi connectivity index (χ4v) is 2.46. The second-order valence-electron chi connectivity index (χ2n) is 6.37.